The summed E-state index contributed by atoms with van der Waals surface area (Å²) in [6, 6.07) is 0.611. The Balaban J connectivity index is 2.22. The zero-order valence-electron chi connectivity index (χ0n) is 8.47. The number of aromatic nitrogens is 2. The average molecular weight is 256 g/mol. The van der Waals surface area contributed by atoms with Gasteiger partial charge >= 0.3 is 0 Å². The highest BCUT2D eigenvalue weighted by Crippen LogP contribution is 2.28. The van der Waals surface area contributed by atoms with Crippen molar-refractivity contribution in [3.63, 3.8) is 0 Å². The Morgan fingerprint density at radius 2 is 2.00 bits per heavy atom. The Labute approximate surface area is 92.5 Å². The number of nitrogens with one attached hydrogen (secondary N) is 1. The second-order valence-electron chi connectivity index (χ2n) is 3.79. The molecule has 0 atom stereocenters. The maximum absolute atomic E-state index is 4.39. The van der Waals surface area contributed by atoms with Crippen molar-refractivity contribution in [2.45, 2.75) is 39.2 Å². The van der Waals surface area contributed by atoms with Crippen molar-refractivity contribution in [3.8, 4) is 0 Å². The lowest BCUT2D eigenvalue weighted by molar-refractivity contribution is 0.444. The summed E-state index contributed by atoms with van der Waals surface area (Å²) >= 11 is 3.51. The van der Waals surface area contributed by atoms with Gasteiger partial charge in [-0.15, -0.1) is 0 Å². The number of rotatable bonds is 2. The van der Waals surface area contributed by atoms with E-state index in [0.29, 0.717) is 6.04 Å². The Morgan fingerprint density at radius 3 is 2.57 bits per heavy atom. The van der Waals surface area contributed by atoms with Crippen LogP contribution in [0.4, 0.5) is 5.82 Å². The quantitative estimate of drug-likeness (QED) is 0.884. The third kappa shape index (κ3) is 1.90. The van der Waals surface area contributed by atoms with E-state index in [-0.39, 0.29) is 0 Å². The molecule has 1 saturated carbocycles. The van der Waals surface area contributed by atoms with Crippen LogP contribution in [0.25, 0.3) is 0 Å². The zero-order valence-corrected chi connectivity index (χ0v) is 10.1. The molecule has 0 spiro atoms. The minimum absolute atomic E-state index is 0.611. The van der Waals surface area contributed by atoms with E-state index in [1.807, 2.05) is 13.8 Å². The Kier molecular flexibility index (Phi) is 2.72. The molecule has 76 valence electrons. The molecule has 0 aliphatic heterocycles. The lowest BCUT2D eigenvalue weighted by atomic mass is 9.93. The van der Waals surface area contributed by atoms with E-state index < -0.39 is 0 Å². The van der Waals surface area contributed by atoms with E-state index in [2.05, 4.69) is 31.2 Å². The Morgan fingerprint density at radius 1 is 1.29 bits per heavy atom. The Hall–Kier alpha value is -0.640. The van der Waals surface area contributed by atoms with Crippen molar-refractivity contribution in [2.75, 3.05) is 5.32 Å². The second-order valence-corrected chi connectivity index (χ2v) is 4.58. The van der Waals surface area contributed by atoms with Gasteiger partial charge in [-0.25, -0.2) is 9.97 Å². The summed E-state index contributed by atoms with van der Waals surface area (Å²) in [6.45, 7) is 3.91. The largest absolute Gasteiger partial charge is 0.366 e. The predicted molar refractivity (Wildman–Crippen MR) is 60.5 cm³/mol. The molecular weight excluding hydrogens is 242 g/mol. The zero-order chi connectivity index (χ0) is 10.1. The predicted octanol–water partition coefficient (Wildman–Crippen LogP) is 2.82. The first-order valence-electron chi connectivity index (χ1n) is 4.94. The monoisotopic (exact) mass is 255 g/mol. The van der Waals surface area contributed by atoms with Crippen molar-refractivity contribution in [1.29, 1.82) is 0 Å². The number of nitrogens with zero attached hydrogens (tertiary/aromatic N) is 2. The summed E-state index contributed by atoms with van der Waals surface area (Å²) in [6.07, 6.45) is 3.85. The van der Waals surface area contributed by atoms with E-state index >= 15 is 0 Å². The van der Waals surface area contributed by atoms with Gasteiger partial charge in [-0.2, -0.15) is 0 Å². The van der Waals surface area contributed by atoms with Gasteiger partial charge in [0.15, 0.2) is 0 Å². The third-order valence-electron chi connectivity index (χ3n) is 2.57. The summed E-state index contributed by atoms with van der Waals surface area (Å²) in [4.78, 5) is 8.67. The molecule has 1 heterocycles. The maximum atomic E-state index is 4.39. The van der Waals surface area contributed by atoms with Crippen LogP contribution in [0.15, 0.2) is 4.47 Å². The van der Waals surface area contributed by atoms with Crippen LogP contribution in [0.2, 0.25) is 0 Å². The first-order valence-corrected chi connectivity index (χ1v) is 5.73. The third-order valence-corrected chi connectivity index (χ3v) is 3.52. The highest BCUT2D eigenvalue weighted by Gasteiger charge is 2.19. The molecule has 1 aliphatic rings. The molecule has 1 fully saturated rings. The molecule has 1 aliphatic carbocycles. The molecule has 0 amide bonds. The fourth-order valence-corrected chi connectivity index (χ4v) is 1.83. The summed E-state index contributed by atoms with van der Waals surface area (Å²) in [5.74, 6) is 1.77. The normalized spacial score (nSPS) is 16.5. The highest BCUT2D eigenvalue weighted by molar-refractivity contribution is 9.10. The van der Waals surface area contributed by atoms with Crippen molar-refractivity contribution < 1.29 is 0 Å². The van der Waals surface area contributed by atoms with Gasteiger partial charge in [0.25, 0.3) is 0 Å². The van der Waals surface area contributed by atoms with Crippen molar-refractivity contribution in [3.05, 3.63) is 16.0 Å². The molecule has 0 saturated heterocycles. The number of halogens is 1. The minimum Gasteiger partial charge on any atom is -0.366 e. The molecule has 1 aromatic heterocycles. The van der Waals surface area contributed by atoms with Gasteiger partial charge in [0, 0.05) is 6.04 Å². The molecule has 4 heteroatoms. The van der Waals surface area contributed by atoms with Crippen LogP contribution in [0, 0.1) is 13.8 Å². The topological polar surface area (TPSA) is 37.8 Å². The van der Waals surface area contributed by atoms with Crippen LogP contribution in [0.3, 0.4) is 0 Å². The van der Waals surface area contributed by atoms with Gasteiger partial charge in [-0.3, -0.25) is 0 Å². The maximum Gasteiger partial charge on any atom is 0.144 e. The molecule has 2 rings (SSSR count). The van der Waals surface area contributed by atoms with Gasteiger partial charge in [-0.05, 0) is 49.0 Å². The van der Waals surface area contributed by atoms with Gasteiger partial charge in [0.1, 0.15) is 11.6 Å². The standard InChI is InChI=1S/C10H14BrN3/c1-6-9(11)10(13-7(2)12-6)14-8-4-3-5-8/h8H,3-5H2,1-2H3,(H,12,13,14). The fraction of sp³-hybridized carbons (Fsp3) is 0.600. The van der Waals surface area contributed by atoms with Gasteiger partial charge < -0.3 is 5.32 Å². The molecule has 1 aromatic rings. The van der Waals surface area contributed by atoms with Crippen LogP contribution < -0.4 is 5.32 Å². The molecule has 14 heavy (non-hydrogen) atoms. The summed E-state index contributed by atoms with van der Waals surface area (Å²) in [7, 11) is 0. The van der Waals surface area contributed by atoms with E-state index in [1.54, 1.807) is 0 Å². The van der Waals surface area contributed by atoms with Crippen molar-refractivity contribution >= 4 is 21.7 Å². The van der Waals surface area contributed by atoms with Crippen LogP contribution in [0.5, 0.6) is 0 Å². The highest BCUT2D eigenvalue weighted by atomic mass is 79.9. The number of hydrogen-bond acceptors (Lipinski definition) is 3. The lowest BCUT2D eigenvalue weighted by Gasteiger charge is -2.27. The summed E-state index contributed by atoms with van der Waals surface area (Å²) < 4.78 is 0.995. The molecule has 0 radical (unpaired) electrons. The van der Waals surface area contributed by atoms with Crippen molar-refractivity contribution in [1.82, 2.24) is 9.97 Å². The molecular formula is C10H14BrN3. The summed E-state index contributed by atoms with van der Waals surface area (Å²) in [5, 5.41) is 3.43. The first kappa shape index (κ1) is 9.90. The van der Waals surface area contributed by atoms with Gasteiger partial charge in [0.05, 0.1) is 10.2 Å². The van der Waals surface area contributed by atoms with E-state index in [0.717, 1.165) is 21.8 Å². The Bertz CT molecular complexity index is 347. The summed E-state index contributed by atoms with van der Waals surface area (Å²) in [5.41, 5.74) is 0.999. The molecule has 3 nitrogen and oxygen atoms in total. The average Bonchev–Trinajstić information content (AvgIpc) is 2.05. The van der Waals surface area contributed by atoms with Crippen molar-refractivity contribution in [2.24, 2.45) is 0 Å². The number of hydrogen-bond donors (Lipinski definition) is 1. The van der Waals surface area contributed by atoms with Crippen LogP contribution >= 0.6 is 15.9 Å². The smallest absolute Gasteiger partial charge is 0.144 e. The molecule has 0 unspecified atom stereocenters. The second kappa shape index (κ2) is 3.85. The van der Waals surface area contributed by atoms with Gasteiger partial charge in [-0.1, -0.05) is 0 Å². The van der Waals surface area contributed by atoms with Crippen LogP contribution in [-0.2, 0) is 0 Å². The first-order chi connectivity index (χ1) is 6.66. The number of anilines is 1. The van der Waals surface area contributed by atoms with E-state index in [4.69, 9.17) is 0 Å². The van der Waals surface area contributed by atoms with Gasteiger partial charge in [0.2, 0.25) is 0 Å². The molecule has 1 N–H and O–H groups in total. The van der Waals surface area contributed by atoms with E-state index in [9.17, 15) is 0 Å². The fourth-order valence-electron chi connectivity index (χ4n) is 1.54. The van der Waals surface area contributed by atoms with Crippen LogP contribution in [0.1, 0.15) is 30.8 Å². The SMILES string of the molecule is Cc1nc(C)c(Br)c(NC2CCC2)n1. The molecule has 0 bridgehead atoms. The van der Waals surface area contributed by atoms with E-state index in [1.165, 1.54) is 19.3 Å². The number of aryl methyl sites for hydroxylation is 2. The lowest BCUT2D eigenvalue weighted by Crippen LogP contribution is -2.28. The minimum atomic E-state index is 0.611. The van der Waals surface area contributed by atoms with Crippen LogP contribution in [-0.4, -0.2) is 16.0 Å². The molecule has 0 aromatic carbocycles.